The van der Waals surface area contributed by atoms with Gasteiger partial charge in [0.1, 0.15) is 5.78 Å². The van der Waals surface area contributed by atoms with E-state index in [-0.39, 0.29) is 11.7 Å². The predicted molar refractivity (Wildman–Crippen MR) is 83.3 cm³/mol. The fraction of sp³-hybridized carbons (Fsp3) is 0.625. The number of hydrogen-bond acceptors (Lipinski definition) is 3. The van der Waals surface area contributed by atoms with Gasteiger partial charge in [-0.05, 0) is 18.6 Å². The van der Waals surface area contributed by atoms with Crippen molar-refractivity contribution in [3.05, 3.63) is 30.1 Å². The molecule has 1 rings (SSSR count). The van der Waals surface area contributed by atoms with E-state index in [1.807, 2.05) is 66.8 Å². The molecule has 19 heavy (non-hydrogen) atoms. The number of Topliss-reactive ketones (excluding diaryl/α,β-unsaturated/α-hetero) is 1. The molecule has 0 bridgehead atoms. The lowest BCUT2D eigenvalue weighted by Crippen LogP contribution is -2.31. The zero-order valence-corrected chi connectivity index (χ0v) is 13.5. The van der Waals surface area contributed by atoms with E-state index < -0.39 is 0 Å². The van der Waals surface area contributed by atoms with E-state index in [0.29, 0.717) is 12.6 Å². The van der Waals surface area contributed by atoms with Gasteiger partial charge in [0.15, 0.2) is 0 Å². The summed E-state index contributed by atoms with van der Waals surface area (Å²) in [6.07, 6.45) is 3.60. The van der Waals surface area contributed by atoms with Crippen molar-refractivity contribution >= 4 is 5.78 Å². The molecule has 0 fully saturated rings. The average molecular weight is 266 g/mol. The third kappa shape index (κ3) is 14.7. The first-order valence-corrected chi connectivity index (χ1v) is 7.06. The predicted octanol–water partition coefficient (Wildman–Crippen LogP) is 3.63. The van der Waals surface area contributed by atoms with Crippen molar-refractivity contribution in [2.45, 2.75) is 54.5 Å². The fourth-order valence-corrected chi connectivity index (χ4v) is 0.957. The van der Waals surface area contributed by atoms with Gasteiger partial charge in [0.25, 0.3) is 0 Å². The number of rotatable bonds is 4. The summed E-state index contributed by atoms with van der Waals surface area (Å²) in [5, 5.41) is 3.08. The van der Waals surface area contributed by atoms with Gasteiger partial charge in [-0.1, -0.05) is 47.6 Å². The van der Waals surface area contributed by atoms with Gasteiger partial charge in [-0.3, -0.25) is 9.78 Å². The molecule has 3 heteroatoms. The first kappa shape index (κ1) is 20.1. The second-order valence-electron chi connectivity index (χ2n) is 4.69. The van der Waals surface area contributed by atoms with Crippen LogP contribution in [0.15, 0.2) is 24.5 Å². The molecule has 3 nitrogen and oxygen atoms in total. The van der Waals surface area contributed by atoms with Crippen molar-refractivity contribution < 1.29 is 4.79 Å². The minimum Gasteiger partial charge on any atom is -0.308 e. The number of ketones is 1. The number of aromatic nitrogens is 1. The van der Waals surface area contributed by atoms with Crippen LogP contribution in [0.2, 0.25) is 0 Å². The molecule has 1 heterocycles. The molecule has 0 aliphatic heterocycles. The van der Waals surface area contributed by atoms with E-state index >= 15 is 0 Å². The summed E-state index contributed by atoms with van der Waals surface area (Å²) in [6.45, 7) is 14.4. The van der Waals surface area contributed by atoms with Crippen LogP contribution in [0.3, 0.4) is 0 Å². The third-order valence-electron chi connectivity index (χ3n) is 2.14. The van der Waals surface area contributed by atoms with Crippen molar-refractivity contribution in [3.63, 3.8) is 0 Å². The maximum absolute atomic E-state index is 11.0. The smallest absolute Gasteiger partial charge is 0.149 e. The van der Waals surface area contributed by atoms with Crippen LogP contribution in [-0.4, -0.2) is 23.4 Å². The van der Waals surface area contributed by atoms with Gasteiger partial charge >= 0.3 is 0 Å². The highest BCUT2D eigenvalue weighted by molar-refractivity contribution is 5.82. The summed E-state index contributed by atoms with van der Waals surface area (Å²) in [5.74, 6) is 0.444. The van der Waals surface area contributed by atoms with Crippen molar-refractivity contribution in [2.24, 2.45) is 5.92 Å². The molecular weight excluding hydrogens is 236 g/mol. The number of carbonyl (C=O) groups excluding carboxylic acids is 1. The normalized spacial score (nSPS) is 9.32. The number of aryl methyl sites for hydroxylation is 1. The van der Waals surface area contributed by atoms with Crippen LogP contribution in [0.4, 0.5) is 0 Å². The average Bonchev–Trinajstić information content (AvgIpc) is 2.39. The maximum Gasteiger partial charge on any atom is 0.149 e. The van der Waals surface area contributed by atoms with E-state index in [4.69, 9.17) is 0 Å². The lowest BCUT2D eigenvalue weighted by Gasteiger charge is -2.08. The Labute approximate surface area is 118 Å². The highest BCUT2D eigenvalue weighted by Crippen LogP contribution is 1.92. The second kappa shape index (κ2) is 13.2. The Kier molecular flexibility index (Phi) is 14.0. The van der Waals surface area contributed by atoms with Crippen LogP contribution in [0.25, 0.3) is 0 Å². The van der Waals surface area contributed by atoms with Crippen LogP contribution in [-0.2, 0) is 4.79 Å². The molecule has 0 atom stereocenters. The standard InChI is InChI=1S/C8H17NO.C6H7N.C2H6/c1-6(2)8(10)5-9-7(3)4;1-6-3-2-4-7-5-6;1-2/h6-7,9H,5H2,1-4H3;2-5H,1H3;1-2H3. The molecule has 1 aromatic rings. The highest BCUT2D eigenvalue weighted by Gasteiger charge is 2.05. The Morgan fingerprint density at radius 2 is 1.84 bits per heavy atom. The highest BCUT2D eigenvalue weighted by atomic mass is 16.1. The molecule has 0 aliphatic rings. The lowest BCUT2D eigenvalue weighted by molar-refractivity contribution is -0.121. The zero-order valence-electron chi connectivity index (χ0n) is 13.5. The number of pyridine rings is 1. The van der Waals surface area contributed by atoms with Crippen LogP contribution in [0.1, 0.15) is 47.1 Å². The summed E-state index contributed by atoms with van der Waals surface area (Å²) >= 11 is 0. The van der Waals surface area contributed by atoms with Gasteiger partial charge in [0, 0.05) is 24.4 Å². The molecule has 1 N–H and O–H groups in total. The SMILES string of the molecule is CC.CC(C)NCC(=O)C(C)C.Cc1cccnc1. The fourth-order valence-electron chi connectivity index (χ4n) is 0.957. The van der Waals surface area contributed by atoms with Gasteiger partial charge in [-0.25, -0.2) is 0 Å². The van der Waals surface area contributed by atoms with Crippen molar-refractivity contribution in [1.82, 2.24) is 10.3 Å². The van der Waals surface area contributed by atoms with Crippen LogP contribution in [0.5, 0.6) is 0 Å². The Morgan fingerprint density at radius 3 is 2.11 bits per heavy atom. The first-order chi connectivity index (χ1) is 8.93. The van der Waals surface area contributed by atoms with Crippen molar-refractivity contribution in [2.75, 3.05) is 6.54 Å². The van der Waals surface area contributed by atoms with Gasteiger partial charge in [0.05, 0.1) is 6.54 Å². The molecule has 0 saturated carbocycles. The largest absolute Gasteiger partial charge is 0.308 e. The quantitative estimate of drug-likeness (QED) is 0.905. The summed E-state index contributed by atoms with van der Waals surface area (Å²) < 4.78 is 0. The van der Waals surface area contributed by atoms with Crippen LogP contribution in [0, 0.1) is 12.8 Å². The summed E-state index contributed by atoms with van der Waals surface area (Å²) in [6, 6.07) is 4.35. The van der Waals surface area contributed by atoms with Gasteiger partial charge in [-0.2, -0.15) is 0 Å². The number of carbonyl (C=O) groups is 1. The number of nitrogens with zero attached hydrogens (tertiary/aromatic N) is 1. The topological polar surface area (TPSA) is 42.0 Å². The zero-order chi connectivity index (χ0) is 15.3. The molecule has 0 saturated heterocycles. The third-order valence-corrected chi connectivity index (χ3v) is 2.14. The first-order valence-electron chi connectivity index (χ1n) is 7.06. The van der Waals surface area contributed by atoms with Gasteiger partial charge in [0.2, 0.25) is 0 Å². The van der Waals surface area contributed by atoms with E-state index in [1.165, 1.54) is 5.56 Å². The Bertz CT molecular complexity index is 308. The molecular formula is C16H30N2O. The van der Waals surface area contributed by atoms with E-state index in [2.05, 4.69) is 10.3 Å². The molecule has 0 unspecified atom stereocenters. The molecule has 110 valence electrons. The Balaban J connectivity index is 0. The second-order valence-corrected chi connectivity index (χ2v) is 4.69. The molecule has 0 aliphatic carbocycles. The maximum atomic E-state index is 11.0. The van der Waals surface area contributed by atoms with Gasteiger partial charge < -0.3 is 5.32 Å². The number of hydrogen-bond donors (Lipinski definition) is 1. The molecule has 1 aromatic heterocycles. The van der Waals surface area contributed by atoms with Crippen LogP contribution < -0.4 is 5.32 Å². The molecule has 0 amide bonds. The van der Waals surface area contributed by atoms with Gasteiger partial charge in [-0.15, -0.1) is 0 Å². The summed E-state index contributed by atoms with van der Waals surface area (Å²) in [7, 11) is 0. The molecule has 0 spiro atoms. The summed E-state index contributed by atoms with van der Waals surface area (Å²) in [5.41, 5.74) is 1.21. The summed E-state index contributed by atoms with van der Waals surface area (Å²) in [4.78, 5) is 14.9. The molecule has 0 aromatic carbocycles. The number of nitrogens with one attached hydrogen (secondary N) is 1. The minimum atomic E-state index is 0.159. The van der Waals surface area contributed by atoms with E-state index in [9.17, 15) is 4.79 Å². The Hall–Kier alpha value is -1.22. The van der Waals surface area contributed by atoms with E-state index in [0.717, 1.165) is 0 Å². The van der Waals surface area contributed by atoms with Crippen molar-refractivity contribution in [3.8, 4) is 0 Å². The van der Waals surface area contributed by atoms with Crippen molar-refractivity contribution in [1.29, 1.82) is 0 Å². The monoisotopic (exact) mass is 266 g/mol. The lowest BCUT2D eigenvalue weighted by atomic mass is 10.1. The minimum absolute atomic E-state index is 0.159. The Morgan fingerprint density at radius 1 is 1.26 bits per heavy atom. The van der Waals surface area contributed by atoms with E-state index in [1.54, 1.807) is 6.20 Å². The molecule has 0 radical (unpaired) electrons. The van der Waals surface area contributed by atoms with Crippen LogP contribution >= 0.6 is 0 Å².